The van der Waals surface area contributed by atoms with Crippen LogP contribution >= 0.6 is 11.3 Å². The van der Waals surface area contributed by atoms with E-state index in [2.05, 4.69) is 16.3 Å². The third-order valence-corrected chi connectivity index (χ3v) is 4.54. The molecule has 0 bridgehead atoms. The highest BCUT2D eigenvalue weighted by atomic mass is 32.1. The van der Waals surface area contributed by atoms with E-state index < -0.39 is 11.6 Å². The number of piperazine rings is 1. The van der Waals surface area contributed by atoms with Crippen molar-refractivity contribution in [2.24, 2.45) is 0 Å². The number of carbonyl (C=O) groups excluding carboxylic acids is 1. The number of rotatable bonds is 3. The van der Waals surface area contributed by atoms with Crippen molar-refractivity contribution in [3.8, 4) is 0 Å². The lowest BCUT2D eigenvalue weighted by Gasteiger charge is -2.34. The zero-order valence-electron chi connectivity index (χ0n) is 12.0. The predicted octanol–water partition coefficient (Wildman–Crippen LogP) is 2.98. The second-order valence-electron chi connectivity index (χ2n) is 5.32. The van der Waals surface area contributed by atoms with Gasteiger partial charge in [-0.3, -0.25) is 9.69 Å². The van der Waals surface area contributed by atoms with E-state index in [0.717, 1.165) is 31.8 Å². The van der Waals surface area contributed by atoms with Crippen LogP contribution in [0.3, 0.4) is 0 Å². The van der Waals surface area contributed by atoms with Crippen molar-refractivity contribution in [1.82, 2.24) is 9.80 Å². The van der Waals surface area contributed by atoms with Crippen molar-refractivity contribution in [2.45, 2.75) is 6.54 Å². The summed E-state index contributed by atoms with van der Waals surface area (Å²) in [6.45, 7) is 3.49. The largest absolute Gasteiger partial charge is 0.336 e. The lowest BCUT2D eigenvalue weighted by Crippen LogP contribution is -2.48. The van der Waals surface area contributed by atoms with Gasteiger partial charge >= 0.3 is 0 Å². The van der Waals surface area contributed by atoms with Crippen LogP contribution in [0.2, 0.25) is 0 Å². The molecule has 3 rings (SSSR count). The molecular formula is C16H16F2N2OS. The molecule has 0 atom stereocenters. The van der Waals surface area contributed by atoms with Crippen molar-refractivity contribution in [1.29, 1.82) is 0 Å². The predicted molar refractivity (Wildman–Crippen MR) is 81.9 cm³/mol. The summed E-state index contributed by atoms with van der Waals surface area (Å²) < 4.78 is 26.6. The Labute approximate surface area is 131 Å². The van der Waals surface area contributed by atoms with E-state index >= 15 is 0 Å². The van der Waals surface area contributed by atoms with Gasteiger partial charge in [-0.2, -0.15) is 11.3 Å². The molecule has 22 heavy (non-hydrogen) atoms. The van der Waals surface area contributed by atoms with Crippen LogP contribution in [0, 0.1) is 11.6 Å². The molecule has 6 heteroatoms. The number of carbonyl (C=O) groups is 1. The molecule has 0 unspecified atom stereocenters. The second kappa shape index (κ2) is 6.54. The topological polar surface area (TPSA) is 23.6 Å². The van der Waals surface area contributed by atoms with Crippen molar-refractivity contribution in [2.75, 3.05) is 26.2 Å². The van der Waals surface area contributed by atoms with Crippen LogP contribution in [0.4, 0.5) is 8.78 Å². The van der Waals surface area contributed by atoms with E-state index in [1.54, 1.807) is 16.2 Å². The van der Waals surface area contributed by atoms with Gasteiger partial charge in [-0.25, -0.2) is 8.78 Å². The molecule has 0 aliphatic carbocycles. The van der Waals surface area contributed by atoms with Crippen LogP contribution in [-0.4, -0.2) is 41.9 Å². The first-order chi connectivity index (χ1) is 10.6. The minimum Gasteiger partial charge on any atom is -0.336 e. The summed E-state index contributed by atoms with van der Waals surface area (Å²) in [6.07, 6.45) is 0. The minimum atomic E-state index is -0.800. The molecule has 1 fully saturated rings. The zero-order valence-corrected chi connectivity index (χ0v) is 12.8. The van der Waals surface area contributed by atoms with Crippen LogP contribution in [0.25, 0.3) is 0 Å². The van der Waals surface area contributed by atoms with Gasteiger partial charge in [0.25, 0.3) is 5.91 Å². The van der Waals surface area contributed by atoms with E-state index in [1.807, 2.05) is 5.38 Å². The van der Waals surface area contributed by atoms with Crippen LogP contribution in [0.15, 0.2) is 35.0 Å². The Morgan fingerprint density at radius 1 is 1.14 bits per heavy atom. The first kappa shape index (κ1) is 15.1. The lowest BCUT2D eigenvalue weighted by molar-refractivity contribution is 0.0624. The summed E-state index contributed by atoms with van der Waals surface area (Å²) in [5.74, 6) is -1.84. The zero-order chi connectivity index (χ0) is 15.5. The van der Waals surface area contributed by atoms with Crippen molar-refractivity contribution < 1.29 is 13.6 Å². The Hall–Kier alpha value is -1.79. The highest BCUT2D eigenvalue weighted by molar-refractivity contribution is 7.07. The first-order valence-electron chi connectivity index (χ1n) is 7.11. The number of benzene rings is 1. The van der Waals surface area contributed by atoms with Gasteiger partial charge in [0, 0.05) is 38.8 Å². The summed E-state index contributed by atoms with van der Waals surface area (Å²) in [7, 11) is 0. The number of hydrogen-bond acceptors (Lipinski definition) is 3. The maximum absolute atomic E-state index is 13.7. The molecule has 1 aromatic heterocycles. The lowest BCUT2D eigenvalue weighted by atomic mass is 10.1. The van der Waals surface area contributed by atoms with Gasteiger partial charge in [-0.05, 0) is 34.5 Å². The molecule has 1 aliphatic rings. The first-order valence-corrected chi connectivity index (χ1v) is 8.05. The highest BCUT2D eigenvalue weighted by Crippen LogP contribution is 2.16. The smallest absolute Gasteiger partial charge is 0.256 e. The van der Waals surface area contributed by atoms with Crippen LogP contribution in [-0.2, 0) is 6.54 Å². The number of amides is 1. The molecule has 1 saturated heterocycles. The van der Waals surface area contributed by atoms with Crippen molar-refractivity contribution >= 4 is 17.2 Å². The molecule has 2 heterocycles. The molecule has 1 aliphatic heterocycles. The van der Waals surface area contributed by atoms with E-state index in [9.17, 15) is 13.6 Å². The Balaban J connectivity index is 1.60. The molecule has 0 spiro atoms. The number of hydrogen-bond donors (Lipinski definition) is 0. The van der Waals surface area contributed by atoms with Crippen LogP contribution in [0.5, 0.6) is 0 Å². The maximum atomic E-state index is 13.7. The molecule has 1 aromatic carbocycles. The van der Waals surface area contributed by atoms with E-state index in [0.29, 0.717) is 13.1 Å². The molecule has 0 saturated carbocycles. The fraction of sp³-hybridized carbons (Fsp3) is 0.312. The molecule has 0 radical (unpaired) electrons. The monoisotopic (exact) mass is 322 g/mol. The molecule has 3 nitrogen and oxygen atoms in total. The Morgan fingerprint density at radius 3 is 2.55 bits per heavy atom. The summed E-state index contributed by atoms with van der Waals surface area (Å²) >= 11 is 1.67. The summed E-state index contributed by atoms with van der Waals surface area (Å²) in [4.78, 5) is 16.2. The number of halogens is 2. The summed E-state index contributed by atoms with van der Waals surface area (Å²) in [6, 6.07) is 5.17. The van der Waals surface area contributed by atoms with E-state index in [1.165, 1.54) is 11.6 Å². The van der Waals surface area contributed by atoms with Crippen LogP contribution < -0.4 is 0 Å². The Kier molecular flexibility index (Phi) is 4.49. The van der Waals surface area contributed by atoms with Gasteiger partial charge < -0.3 is 4.90 Å². The molecule has 116 valence electrons. The number of thiophene rings is 1. The van der Waals surface area contributed by atoms with Gasteiger partial charge in [-0.1, -0.05) is 0 Å². The van der Waals surface area contributed by atoms with E-state index in [4.69, 9.17) is 0 Å². The van der Waals surface area contributed by atoms with Gasteiger partial charge in [0.05, 0.1) is 5.56 Å². The third kappa shape index (κ3) is 3.34. The molecule has 1 amide bonds. The molecule has 0 N–H and O–H groups in total. The van der Waals surface area contributed by atoms with Gasteiger partial charge in [0.2, 0.25) is 0 Å². The minimum absolute atomic E-state index is 0.0623. The molecular weight excluding hydrogens is 306 g/mol. The molecule has 2 aromatic rings. The van der Waals surface area contributed by atoms with Gasteiger partial charge in [-0.15, -0.1) is 0 Å². The quantitative estimate of drug-likeness (QED) is 0.867. The third-order valence-electron chi connectivity index (χ3n) is 3.81. The fourth-order valence-electron chi connectivity index (χ4n) is 2.58. The average Bonchev–Trinajstić information content (AvgIpc) is 3.00. The standard InChI is InChI=1S/C16H16F2N2OS/c17-13-1-2-14(15(18)9-13)16(21)20-6-4-19(5-7-20)10-12-3-8-22-11-12/h1-3,8-9,11H,4-7,10H2. The second-order valence-corrected chi connectivity index (χ2v) is 6.10. The van der Waals surface area contributed by atoms with Gasteiger partial charge in [0.15, 0.2) is 0 Å². The van der Waals surface area contributed by atoms with Crippen molar-refractivity contribution in [3.63, 3.8) is 0 Å². The fourth-order valence-corrected chi connectivity index (χ4v) is 3.24. The van der Waals surface area contributed by atoms with Crippen molar-refractivity contribution in [3.05, 3.63) is 57.8 Å². The highest BCUT2D eigenvalue weighted by Gasteiger charge is 2.24. The van der Waals surface area contributed by atoms with Gasteiger partial charge in [0.1, 0.15) is 11.6 Å². The summed E-state index contributed by atoms with van der Waals surface area (Å²) in [5.41, 5.74) is 1.21. The average molecular weight is 322 g/mol. The Morgan fingerprint density at radius 2 is 1.91 bits per heavy atom. The number of nitrogens with zero attached hydrogens (tertiary/aromatic N) is 2. The maximum Gasteiger partial charge on any atom is 0.256 e. The SMILES string of the molecule is O=C(c1ccc(F)cc1F)N1CCN(Cc2ccsc2)CC1. The van der Waals surface area contributed by atoms with Crippen LogP contribution in [0.1, 0.15) is 15.9 Å². The normalized spacial score (nSPS) is 16.0. The summed E-state index contributed by atoms with van der Waals surface area (Å²) in [5, 5.41) is 4.16. The Bertz CT molecular complexity index is 652. The van der Waals surface area contributed by atoms with E-state index in [-0.39, 0.29) is 11.5 Å².